The molecule has 4 nitrogen and oxygen atoms in total. The van der Waals surface area contributed by atoms with Crippen molar-refractivity contribution in [2.24, 2.45) is 0 Å². The normalized spacial score (nSPS) is 11.0. The topological polar surface area (TPSA) is 64.4 Å². The van der Waals surface area contributed by atoms with Gasteiger partial charge in [-0.05, 0) is 27.0 Å². The first-order valence-electron chi connectivity index (χ1n) is 3.46. The van der Waals surface area contributed by atoms with Gasteiger partial charge in [-0.1, -0.05) is 11.8 Å². The van der Waals surface area contributed by atoms with Gasteiger partial charge < -0.3 is 5.11 Å². The molecule has 70 valence electrons. The zero-order valence-corrected chi connectivity index (χ0v) is 8.53. The van der Waals surface area contributed by atoms with E-state index in [1.807, 2.05) is 0 Å². The smallest absolute Gasteiger partial charge is 0.413 e. The number of amidine groups is 1. The van der Waals surface area contributed by atoms with Crippen LogP contribution in [-0.4, -0.2) is 33.1 Å². The van der Waals surface area contributed by atoms with Crippen molar-refractivity contribution in [3.63, 3.8) is 0 Å². The monoisotopic (exact) mass is 190 g/mol. The Morgan fingerprint density at radius 2 is 1.92 bits per heavy atom. The minimum absolute atomic E-state index is 0.0509. The summed E-state index contributed by atoms with van der Waals surface area (Å²) in [6.45, 7) is 5.27. The maximum absolute atomic E-state index is 10.7. The SMILES string of the molecule is CSC(=N)N(C(=O)O)C(C)(C)C. The second-order valence-corrected chi connectivity index (χ2v) is 4.09. The quantitative estimate of drug-likeness (QED) is 0.454. The first-order valence-corrected chi connectivity index (χ1v) is 4.69. The molecule has 0 aliphatic heterocycles. The lowest BCUT2D eigenvalue weighted by molar-refractivity contribution is 0.142. The summed E-state index contributed by atoms with van der Waals surface area (Å²) in [6, 6.07) is 0. The lowest BCUT2D eigenvalue weighted by atomic mass is 10.1. The molecule has 0 fully saturated rings. The van der Waals surface area contributed by atoms with Gasteiger partial charge in [0.15, 0.2) is 5.17 Å². The van der Waals surface area contributed by atoms with Crippen LogP contribution in [0.4, 0.5) is 4.79 Å². The molecule has 2 N–H and O–H groups in total. The Balaban J connectivity index is 4.68. The summed E-state index contributed by atoms with van der Waals surface area (Å²) in [6.07, 6.45) is 0.603. The molecule has 12 heavy (non-hydrogen) atoms. The third-order valence-electron chi connectivity index (χ3n) is 1.26. The van der Waals surface area contributed by atoms with Crippen molar-refractivity contribution in [1.29, 1.82) is 5.41 Å². The second-order valence-electron chi connectivity index (χ2n) is 3.30. The van der Waals surface area contributed by atoms with E-state index in [0.717, 1.165) is 16.7 Å². The Bertz CT molecular complexity index is 198. The van der Waals surface area contributed by atoms with E-state index in [1.54, 1.807) is 27.0 Å². The second kappa shape index (κ2) is 3.80. The molecular formula is C7H14N2O2S. The lowest BCUT2D eigenvalue weighted by Crippen LogP contribution is -2.47. The Morgan fingerprint density at radius 3 is 2.00 bits per heavy atom. The summed E-state index contributed by atoms with van der Waals surface area (Å²) in [5, 5.41) is 16.2. The summed E-state index contributed by atoms with van der Waals surface area (Å²) in [5.41, 5.74) is -0.550. The largest absolute Gasteiger partial charge is 0.465 e. The van der Waals surface area contributed by atoms with Crippen LogP contribution in [0.3, 0.4) is 0 Å². The summed E-state index contributed by atoms with van der Waals surface area (Å²) >= 11 is 1.12. The van der Waals surface area contributed by atoms with E-state index in [4.69, 9.17) is 10.5 Å². The van der Waals surface area contributed by atoms with Crippen molar-refractivity contribution in [2.75, 3.05) is 6.26 Å². The van der Waals surface area contributed by atoms with Crippen LogP contribution in [0.2, 0.25) is 0 Å². The highest BCUT2D eigenvalue weighted by Crippen LogP contribution is 2.17. The molecule has 0 aromatic rings. The Labute approximate surface area is 76.5 Å². The van der Waals surface area contributed by atoms with Crippen LogP contribution in [-0.2, 0) is 0 Å². The molecular weight excluding hydrogens is 176 g/mol. The van der Waals surface area contributed by atoms with Crippen LogP contribution >= 0.6 is 11.8 Å². The maximum atomic E-state index is 10.7. The molecule has 0 aliphatic rings. The van der Waals surface area contributed by atoms with Gasteiger partial charge in [-0.15, -0.1) is 0 Å². The fourth-order valence-corrected chi connectivity index (χ4v) is 1.30. The van der Waals surface area contributed by atoms with Crippen LogP contribution in [0.1, 0.15) is 20.8 Å². The zero-order chi connectivity index (χ0) is 9.94. The van der Waals surface area contributed by atoms with Crippen molar-refractivity contribution < 1.29 is 9.90 Å². The fourth-order valence-electron chi connectivity index (χ4n) is 0.770. The highest BCUT2D eigenvalue weighted by atomic mass is 32.2. The molecule has 0 saturated carbocycles. The molecule has 1 amide bonds. The van der Waals surface area contributed by atoms with E-state index in [9.17, 15) is 4.79 Å². The van der Waals surface area contributed by atoms with Crippen LogP contribution < -0.4 is 0 Å². The summed E-state index contributed by atoms with van der Waals surface area (Å²) in [5.74, 6) is 0. The van der Waals surface area contributed by atoms with Crippen LogP contribution in [0, 0.1) is 5.41 Å². The molecule has 0 atom stereocenters. The van der Waals surface area contributed by atoms with Crippen molar-refractivity contribution in [3.05, 3.63) is 0 Å². The molecule has 0 aromatic carbocycles. The third kappa shape index (κ3) is 2.73. The number of nitrogens with zero attached hydrogens (tertiary/aromatic N) is 1. The molecule has 0 spiro atoms. The number of nitrogens with one attached hydrogen (secondary N) is 1. The number of rotatable bonds is 0. The number of carbonyl (C=O) groups is 1. The van der Waals surface area contributed by atoms with Gasteiger partial charge in [0, 0.05) is 5.54 Å². The Hall–Kier alpha value is -0.710. The molecule has 0 aliphatic carbocycles. The maximum Gasteiger partial charge on any atom is 0.413 e. The molecule has 5 heteroatoms. The number of carboxylic acid groups (broad SMARTS) is 1. The number of thioether (sulfide) groups is 1. The average Bonchev–Trinajstić information content (AvgIpc) is 1.83. The van der Waals surface area contributed by atoms with Gasteiger partial charge in [-0.2, -0.15) is 0 Å². The summed E-state index contributed by atoms with van der Waals surface area (Å²) < 4.78 is 0. The summed E-state index contributed by atoms with van der Waals surface area (Å²) in [7, 11) is 0. The molecule has 0 heterocycles. The predicted molar refractivity (Wildman–Crippen MR) is 50.9 cm³/mol. The Kier molecular flexibility index (Phi) is 3.57. The van der Waals surface area contributed by atoms with E-state index in [1.165, 1.54) is 0 Å². The van der Waals surface area contributed by atoms with Gasteiger partial charge in [-0.3, -0.25) is 10.3 Å². The minimum Gasteiger partial charge on any atom is -0.465 e. The van der Waals surface area contributed by atoms with Gasteiger partial charge in [0.05, 0.1) is 0 Å². The van der Waals surface area contributed by atoms with Crippen molar-refractivity contribution in [1.82, 2.24) is 4.90 Å². The van der Waals surface area contributed by atoms with Crippen molar-refractivity contribution >= 4 is 23.0 Å². The van der Waals surface area contributed by atoms with E-state index in [0.29, 0.717) is 0 Å². The van der Waals surface area contributed by atoms with Crippen LogP contribution in [0.15, 0.2) is 0 Å². The Morgan fingerprint density at radius 1 is 1.50 bits per heavy atom. The van der Waals surface area contributed by atoms with Gasteiger partial charge in [-0.25, -0.2) is 4.79 Å². The number of amides is 1. The molecule has 0 aromatic heterocycles. The van der Waals surface area contributed by atoms with Crippen molar-refractivity contribution in [3.8, 4) is 0 Å². The minimum atomic E-state index is -1.08. The lowest BCUT2D eigenvalue weighted by Gasteiger charge is -2.32. The molecule has 0 unspecified atom stereocenters. The standard InChI is InChI=1S/C7H14N2O2S/c1-7(2,3)9(6(10)11)5(8)12-4/h8H,1-4H3,(H,10,11). The predicted octanol–water partition coefficient (Wildman–Crippen LogP) is 2.06. The fraction of sp³-hybridized carbons (Fsp3) is 0.714. The molecule has 0 radical (unpaired) electrons. The van der Waals surface area contributed by atoms with E-state index < -0.39 is 11.6 Å². The molecule has 0 bridgehead atoms. The van der Waals surface area contributed by atoms with Gasteiger partial charge in [0.2, 0.25) is 0 Å². The van der Waals surface area contributed by atoms with Gasteiger partial charge >= 0.3 is 6.09 Å². The van der Waals surface area contributed by atoms with Crippen LogP contribution in [0.25, 0.3) is 0 Å². The van der Waals surface area contributed by atoms with E-state index in [2.05, 4.69) is 0 Å². The molecule has 0 saturated heterocycles. The highest BCUT2D eigenvalue weighted by molar-refractivity contribution is 8.13. The average molecular weight is 190 g/mol. The summed E-state index contributed by atoms with van der Waals surface area (Å²) in [4.78, 5) is 11.8. The first kappa shape index (κ1) is 11.3. The third-order valence-corrected chi connectivity index (χ3v) is 1.83. The van der Waals surface area contributed by atoms with Crippen LogP contribution in [0.5, 0.6) is 0 Å². The van der Waals surface area contributed by atoms with Crippen molar-refractivity contribution in [2.45, 2.75) is 26.3 Å². The number of hydrogen-bond donors (Lipinski definition) is 2. The van der Waals surface area contributed by atoms with E-state index in [-0.39, 0.29) is 5.17 Å². The number of hydrogen-bond acceptors (Lipinski definition) is 3. The van der Waals surface area contributed by atoms with Gasteiger partial charge in [0.25, 0.3) is 0 Å². The first-order chi connectivity index (χ1) is 5.30. The highest BCUT2D eigenvalue weighted by Gasteiger charge is 2.29. The zero-order valence-electron chi connectivity index (χ0n) is 7.71. The van der Waals surface area contributed by atoms with E-state index >= 15 is 0 Å². The van der Waals surface area contributed by atoms with Gasteiger partial charge in [0.1, 0.15) is 0 Å². The molecule has 0 rings (SSSR count).